The van der Waals surface area contributed by atoms with E-state index < -0.39 is 6.10 Å². The van der Waals surface area contributed by atoms with Gasteiger partial charge in [0.05, 0.1) is 17.1 Å². The van der Waals surface area contributed by atoms with Crippen LogP contribution in [-0.2, 0) is 0 Å². The largest absolute Gasteiger partial charge is 0.388 e. The van der Waals surface area contributed by atoms with Gasteiger partial charge in [0.1, 0.15) is 5.82 Å². The van der Waals surface area contributed by atoms with Gasteiger partial charge in [-0.05, 0) is 49.1 Å². The molecule has 1 aromatic heterocycles. The highest BCUT2D eigenvalue weighted by Crippen LogP contribution is 2.31. The number of aromatic amines is 1. The molecule has 0 radical (unpaired) electrons. The van der Waals surface area contributed by atoms with Gasteiger partial charge in [0, 0.05) is 12.6 Å². The summed E-state index contributed by atoms with van der Waals surface area (Å²) in [5, 5.41) is 10.5. The summed E-state index contributed by atoms with van der Waals surface area (Å²) in [5.41, 5.74) is 2.74. The number of benzene rings is 2. The second-order valence-electron chi connectivity index (χ2n) is 6.37. The summed E-state index contributed by atoms with van der Waals surface area (Å²) in [5.74, 6) is 0.584. The van der Waals surface area contributed by atoms with Gasteiger partial charge in [0.25, 0.3) is 0 Å². The SMILES string of the molecule is OC(CC1CCCN1c1nc2ccccc2[nH]1)c1ccc(F)cc1. The number of nitrogens with one attached hydrogen (secondary N) is 1. The second-order valence-corrected chi connectivity index (χ2v) is 6.37. The minimum Gasteiger partial charge on any atom is -0.388 e. The van der Waals surface area contributed by atoms with Crippen LogP contribution in [0, 0.1) is 5.82 Å². The monoisotopic (exact) mass is 325 g/mol. The lowest BCUT2D eigenvalue weighted by molar-refractivity contribution is 0.158. The first-order valence-electron chi connectivity index (χ1n) is 8.35. The van der Waals surface area contributed by atoms with E-state index in [2.05, 4.69) is 14.9 Å². The van der Waals surface area contributed by atoms with Crippen LogP contribution in [0.5, 0.6) is 0 Å². The average Bonchev–Trinajstić information content (AvgIpc) is 3.21. The number of hydrogen-bond donors (Lipinski definition) is 2. The van der Waals surface area contributed by atoms with Gasteiger partial charge in [-0.3, -0.25) is 0 Å². The van der Waals surface area contributed by atoms with Gasteiger partial charge in [0.2, 0.25) is 5.95 Å². The fourth-order valence-corrected chi connectivity index (χ4v) is 3.51. The Kier molecular flexibility index (Phi) is 3.94. The summed E-state index contributed by atoms with van der Waals surface area (Å²) in [6.07, 6.45) is 2.12. The van der Waals surface area contributed by atoms with Crippen molar-refractivity contribution in [3.63, 3.8) is 0 Å². The number of nitrogens with zero attached hydrogens (tertiary/aromatic N) is 2. The molecule has 2 heterocycles. The second kappa shape index (κ2) is 6.24. The average molecular weight is 325 g/mol. The molecule has 3 aromatic rings. The number of aromatic nitrogens is 2. The molecule has 0 spiro atoms. The van der Waals surface area contributed by atoms with Crippen LogP contribution in [0.15, 0.2) is 48.5 Å². The molecule has 4 nitrogen and oxygen atoms in total. The lowest BCUT2D eigenvalue weighted by Gasteiger charge is -2.26. The van der Waals surface area contributed by atoms with Gasteiger partial charge >= 0.3 is 0 Å². The molecule has 24 heavy (non-hydrogen) atoms. The van der Waals surface area contributed by atoms with Crippen molar-refractivity contribution in [2.24, 2.45) is 0 Å². The maximum absolute atomic E-state index is 13.0. The minimum absolute atomic E-state index is 0.227. The quantitative estimate of drug-likeness (QED) is 0.767. The third kappa shape index (κ3) is 2.87. The van der Waals surface area contributed by atoms with Crippen LogP contribution in [-0.4, -0.2) is 27.7 Å². The molecule has 2 unspecified atom stereocenters. The lowest BCUT2D eigenvalue weighted by atomic mass is 10.0. The highest BCUT2D eigenvalue weighted by Gasteiger charge is 2.29. The van der Waals surface area contributed by atoms with Gasteiger partial charge in [-0.1, -0.05) is 24.3 Å². The summed E-state index contributed by atoms with van der Waals surface area (Å²) in [6, 6.07) is 14.3. The Balaban J connectivity index is 1.53. The zero-order valence-corrected chi connectivity index (χ0v) is 13.3. The highest BCUT2D eigenvalue weighted by molar-refractivity contribution is 5.77. The third-order valence-corrected chi connectivity index (χ3v) is 4.78. The van der Waals surface area contributed by atoms with Crippen LogP contribution in [0.25, 0.3) is 11.0 Å². The predicted octanol–water partition coefficient (Wildman–Crippen LogP) is 3.79. The van der Waals surface area contributed by atoms with Crippen molar-refractivity contribution in [1.29, 1.82) is 0 Å². The molecule has 2 aromatic carbocycles. The molecule has 0 saturated carbocycles. The zero-order chi connectivity index (χ0) is 16.5. The van der Waals surface area contributed by atoms with E-state index in [9.17, 15) is 9.50 Å². The molecule has 0 aliphatic carbocycles. The number of aliphatic hydroxyl groups excluding tert-OH is 1. The molecular weight excluding hydrogens is 305 g/mol. The van der Waals surface area contributed by atoms with Gasteiger partial charge in [-0.15, -0.1) is 0 Å². The van der Waals surface area contributed by atoms with Gasteiger partial charge in [-0.25, -0.2) is 9.37 Å². The Morgan fingerprint density at radius 3 is 2.79 bits per heavy atom. The molecule has 1 aliphatic rings. The van der Waals surface area contributed by atoms with Crippen molar-refractivity contribution in [1.82, 2.24) is 9.97 Å². The summed E-state index contributed by atoms with van der Waals surface area (Å²) < 4.78 is 13.0. The third-order valence-electron chi connectivity index (χ3n) is 4.78. The molecule has 124 valence electrons. The van der Waals surface area contributed by atoms with Crippen molar-refractivity contribution >= 4 is 17.0 Å². The van der Waals surface area contributed by atoms with E-state index in [4.69, 9.17) is 0 Å². The first-order chi connectivity index (χ1) is 11.7. The van der Waals surface area contributed by atoms with Crippen LogP contribution in [0.3, 0.4) is 0 Å². The fraction of sp³-hybridized carbons (Fsp3) is 0.316. The Hall–Kier alpha value is -2.40. The van der Waals surface area contributed by atoms with E-state index in [1.54, 1.807) is 12.1 Å². The van der Waals surface area contributed by atoms with E-state index in [1.807, 2.05) is 24.3 Å². The Labute approximate surface area is 140 Å². The fourth-order valence-electron chi connectivity index (χ4n) is 3.51. The van der Waals surface area contributed by atoms with E-state index in [0.717, 1.165) is 41.9 Å². The number of fused-ring (bicyclic) bond motifs is 1. The van der Waals surface area contributed by atoms with Crippen molar-refractivity contribution in [2.45, 2.75) is 31.4 Å². The highest BCUT2D eigenvalue weighted by atomic mass is 19.1. The Bertz CT molecular complexity index is 797. The van der Waals surface area contributed by atoms with Gasteiger partial charge in [0.15, 0.2) is 0 Å². The molecule has 1 aliphatic heterocycles. The van der Waals surface area contributed by atoms with Crippen LogP contribution in [0.2, 0.25) is 0 Å². The van der Waals surface area contributed by atoms with Crippen molar-refractivity contribution in [2.75, 3.05) is 11.4 Å². The number of H-pyrrole nitrogens is 1. The van der Waals surface area contributed by atoms with E-state index in [-0.39, 0.29) is 11.9 Å². The van der Waals surface area contributed by atoms with E-state index in [1.165, 1.54) is 12.1 Å². The van der Waals surface area contributed by atoms with Crippen molar-refractivity contribution in [3.8, 4) is 0 Å². The maximum Gasteiger partial charge on any atom is 0.204 e. The topological polar surface area (TPSA) is 52.1 Å². The molecule has 2 atom stereocenters. The molecular formula is C19H20FN3O. The molecule has 4 rings (SSSR count). The standard InChI is InChI=1S/C19H20FN3O/c20-14-9-7-13(8-10-14)18(24)12-15-4-3-11-23(15)19-21-16-5-1-2-6-17(16)22-19/h1-2,5-10,15,18,24H,3-4,11-12H2,(H,21,22). The molecule has 0 amide bonds. The van der Waals surface area contributed by atoms with Crippen LogP contribution < -0.4 is 4.90 Å². The van der Waals surface area contributed by atoms with Crippen molar-refractivity contribution < 1.29 is 9.50 Å². The maximum atomic E-state index is 13.0. The van der Waals surface area contributed by atoms with E-state index in [0.29, 0.717) is 6.42 Å². The number of anilines is 1. The summed E-state index contributed by atoms with van der Waals surface area (Å²) in [6.45, 7) is 0.931. The molecule has 5 heteroatoms. The summed E-state index contributed by atoms with van der Waals surface area (Å²) in [4.78, 5) is 10.3. The van der Waals surface area contributed by atoms with Gasteiger partial charge < -0.3 is 15.0 Å². The van der Waals surface area contributed by atoms with Crippen LogP contribution >= 0.6 is 0 Å². The molecule has 0 bridgehead atoms. The predicted molar refractivity (Wildman–Crippen MR) is 92.4 cm³/mol. The number of rotatable bonds is 4. The van der Waals surface area contributed by atoms with Crippen LogP contribution in [0.1, 0.15) is 30.9 Å². The van der Waals surface area contributed by atoms with E-state index >= 15 is 0 Å². The number of para-hydroxylation sites is 2. The van der Waals surface area contributed by atoms with Crippen molar-refractivity contribution in [3.05, 3.63) is 59.9 Å². The lowest BCUT2D eigenvalue weighted by Crippen LogP contribution is -2.31. The smallest absolute Gasteiger partial charge is 0.204 e. The Morgan fingerprint density at radius 1 is 1.21 bits per heavy atom. The first kappa shape index (κ1) is 15.1. The van der Waals surface area contributed by atoms with Crippen LogP contribution in [0.4, 0.5) is 10.3 Å². The summed E-state index contributed by atoms with van der Waals surface area (Å²) in [7, 11) is 0. The number of hydrogen-bond acceptors (Lipinski definition) is 3. The number of imidazole rings is 1. The number of halogens is 1. The van der Waals surface area contributed by atoms with Gasteiger partial charge in [-0.2, -0.15) is 0 Å². The minimum atomic E-state index is -0.597. The first-order valence-corrected chi connectivity index (χ1v) is 8.35. The normalized spacial score (nSPS) is 19.1. The molecule has 1 saturated heterocycles. The summed E-state index contributed by atoms with van der Waals surface area (Å²) >= 11 is 0. The molecule has 2 N–H and O–H groups in total. The molecule has 1 fully saturated rings. The zero-order valence-electron chi connectivity index (χ0n) is 13.3. The number of aliphatic hydroxyl groups is 1. The Morgan fingerprint density at radius 2 is 2.00 bits per heavy atom.